The van der Waals surface area contributed by atoms with E-state index >= 15 is 0 Å². The van der Waals surface area contributed by atoms with Crippen molar-refractivity contribution < 1.29 is 9.84 Å². The predicted molar refractivity (Wildman–Crippen MR) is 89.2 cm³/mol. The number of ether oxygens (including phenoxy) is 1. The maximum atomic E-state index is 9.48. The number of benzene rings is 1. The molecular weight excluding hydrogens is 262 g/mol. The first-order valence-electron chi connectivity index (χ1n) is 7.81. The first kappa shape index (κ1) is 18.0. The maximum Gasteiger partial charge on any atom is 0.122 e. The Labute approximate surface area is 129 Å². The zero-order valence-electron chi connectivity index (χ0n) is 14.4. The Hall–Kier alpha value is -1.06. The van der Waals surface area contributed by atoms with Gasteiger partial charge in [-0.15, -0.1) is 0 Å². The first-order chi connectivity index (χ1) is 9.72. The van der Waals surface area contributed by atoms with Crippen LogP contribution in [-0.2, 0) is 5.41 Å². The van der Waals surface area contributed by atoms with Crippen LogP contribution in [-0.4, -0.2) is 30.4 Å². The molecule has 0 bridgehead atoms. The van der Waals surface area contributed by atoms with Crippen molar-refractivity contribution in [2.24, 2.45) is 0 Å². The Kier molecular flexibility index (Phi) is 6.24. The Bertz CT molecular complexity index is 451. The van der Waals surface area contributed by atoms with Gasteiger partial charge in [0.2, 0.25) is 0 Å². The number of aliphatic hydroxyl groups excluding tert-OH is 1. The van der Waals surface area contributed by atoms with Gasteiger partial charge >= 0.3 is 0 Å². The van der Waals surface area contributed by atoms with Gasteiger partial charge in [0, 0.05) is 12.0 Å². The molecule has 0 amide bonds. The van der Waals surface area contributed by atoms with E-state index in [0.29, 0.717) is 6.61 Å². The molecule has 2 N–H and O–H groups in total. The predicted octanol–water partition coefficient (Wildman–Crippen LogP) is 3.42. The van der Waals surface area contributed by atoms with E-state index in [-0.39, 0.29) is 17.6 Å². The third-order valence-electron chi connectivity index (χ3n) is 3.90. The van der Waals surface area contributed by atoms with Crippen molar-refractivity contribution in [1.29, 1.82) is 0 Å². The lowest BCUT2D eigenvalue weighted by molar-refractivity contribution is 0.145. The van der Waals surface area contributed by atoms with Gasteiger partial charge in [0.15, 0.2) is 0 Å². The fourth-order valence-electron chi connectivity index (χ4n) is 2.31. The van der Waals surface area contributed by atoms with Crippen LogP contribution in [0, 0.1) is 6.92 Å². The highest BCUT2D eigenvalue weighted by Gasteiger charge is 2.22. The van der Waals surface area contributed by atoms with E-state index in [1.165, 1.54) is 5.56 Å². The van der Waals surface area contributed by atoms with Gasteiger partial charge in [-0.05, 0) is 43.0 Å². The number of aryl methyl sites for hydroxylation is 1. The normalized spacial score (nSPS) is 14.8. The summed E-state index contributed by atoms with van der Waals surface area (Å²) < 4.78 is 5.90. The van der Waals surface area contributed by atoms with Crippen molar-refractivity contribution in [1.82, 2.24) is 5.32 Å². The molecular formula is C18H31NO2. The quantitative estimate of drug-likeness (QED) is 0.809. The summed E-state index contributed by atoms with van der Waals surface area (Å²) in [5.74, 6) is 0.930. The van der Waals surface area contributed by atoms with Crippen molar-refractivity contribution in [2.75, 3.05) is 19.8 Å². The van der Waals surface area contributed by atoms with Gasteiger partial charge < -0.3 is 15.2 Å². The lowest BCUT2D eigenvalue weighted by Crippen LogP contribution is -2.46. The van der Waals surface area contributed by atoms with Crippen LogP contribution < -0.4 is 10.1 Å². The highest BCUT2D eigenvalue weighted by Crippen LogP contribution is 2.27. The average molecular weight is 293 g/mol. The van der Waals surface area contributed by atoms with E-state index in [1.807, 2.05) is 13.8 Å². The molecule has 0 radical (unpaired) electrons. The average Bonchev–Trinajstić information content (AvgIpc) is 2.40. The summed E-state index contributed by atoms with van der Waals surface area (Å²) in [5, 5.41) is 12.8. The summed E-state index contributed by atoms with van der Waals surface area (Å²) in [6.45, 7) is 14.4. The molecule has 0 spiro atoms. The molecule has 0 saturated carbocycles. The van der Waals surface area contributed by atoms with Gasteiger partial charge in [-0.2, -0.15) is 0 Å². The Morgan fingerprint density at radius 3 is 2.33 bits per heavy atom. The Balaban J connectivity index is 2.64. The van der Waals surface area contributed by atoms with Crippen LogP contribution in [0.15, 0.2) is 18.2 Å². The van der Waals surface area contributed by atoms with E-state index < -0.39 is 0 Å². The number of hydrogen-bond acceptors (Lipinski definition) is 3. The van der Waals surface area contributed by atoms with Crippen LogP contribution in [0.2, 0.25) is 0 Å². The molecule has 1 aromatic carbocycles. The number of rotatable bonds is 7. The largest absolute Gasteiger partial charge is 0.493 e. The van der Waals surface area contributed by atoms with Gasteiger partial charge in [-0.3, -0.25) is 0 Å². The van der Waals surface area contributed by atoms with Crippen molar-refractivity contribution in [3.8, 4) is 5.75 Å². The van der Waals surface area contributed by atoms with Gasteiger partial charge in [0.05, 0.1) is 13.2 Å². The minimum absolute atomic E-state index is 0.117. The van der Waals surface area contributed by atoms with Gasteiger partial charge in [-0.1, -0.05) is 39.8 Å². The number of hydrogen-bond donors (Lipinski definition) is 2. The van der Waals surface area contributed by atoms with Crippen LogP contribution >= 0.6 is 0 Å². The molecule has 0 saturated heterocycles. The first-order valence-corrected chi connectivity index (χ1v) is 7.81. The van der Waals surface area contributed by atoms with E-state index in [0.717, 1.165) is 24.3 Å². The summed E-state index contributed by atoms with van der Waals surface area (Å²) in [6.07, 6.45) is 0.776. The Morgan fingerprint density at radius 1 is 1.19 bits per heavy atom. The van der Waals surface area contributed by atoms with Crippen LogP contribution in [0.1, 0.15) is 52.2 Å². The van der Waals surface area contributed by atoms with Gasteiger partial charge in [0.25, 0.3) is 0 Å². The molecule has 21 heavy (non-hydrogen) atoms. The lowest BCUT2D eigenvalue weighted by Gasteiger charge is -2.28. The maximum absolute atomic E-state index is 9.48. The van der Waals surface area contributed by atoms with E-state index in [4.69, 9.17) is 4.74 Å². The second-order valence-electron chi connectivity index (χ2n) is 7.08. The van der Waals surface area contributed by atoms with Crippen molar-refractivity contribution in [3.63, 3.8) is 0 Å². The monoisotopic (exact) mass is 293 g/mol. The Morgan fingerprint density at radius 2 is 1.86 bits per heavy atom. The zero-order chi connectivity index (χ0) is 16.1. The molecule has 0 aliphatic heterocycles. The SMILES string of the molecule is CCNC(C)(CO)CCOc1ccc(C(C)(C)C)cc1C. The molecule has 3 nitrogen and oxygen atoms in total. The molecule has 1 rings (SSSR count). The summed E-state index contributed by atoms with van der Waals surface area (Å²) in [4.78, 5) is 0. The molecule has 0 heterocycles. The van der Waals surface area contributed by atoms with E-state index in [2.05, 4.69) is 51.2 Å². The van der Waals surface area contributed by atoms with E-state index in [1.54, 1.807) is 0 Å². The standard InChI is InChI=1S/C18H31NO2/c1-7-19-18(6,13-20)10-11-21-16-9-8-15(12-14(16)2)17(3,4)5/h8-9,12,19-20H,7,10-11,13H2,1-6H3. The minimum Gasteiger partial charge on any atom is -0.493 e. The third kappa shape index (κ3) is 5.33. The molecule has 120 valence electrons. The molecule has 1 aromatic rings. The lowest BCUT2D eigenvalue weighted by atomic mass is 9.86. The molecule has 0 fully saturated rings. The van der Waals surface area contributed by atoms with Crippen LogP contribution in [0.4, 0.5) is 0 Å². The number of aliphatic hydroxyl groups is 1. The fraction of sp³-hybridized carbons (Fsp3) is 0.667. The minimum atomic E-state index is -0.270. The third-order valence-corrected chi connectivity index (χ3v) is 3.90. The van der Waals surface area contributed by atoms with E-state index in [9.17, 15) is 5.11 Å². The highest BCUT2D eigenvalue weighted by atomic mass is 16.5. The van der Waals surface area contributed by atoms with Crippen LogP contribution in [0.3, 0.4) is 0 Å². The molecule has 0 aromatic heterocycles. The second kappa shape index (κ2) is 7.28. The topological polar surface area (TPSA) is 41.5 Å². The number of nitrogens with one attached hydrogen (secondary N) is 1. The van der Waals surface area contributed by atoms with Crippen LogP contribution in [0.25, 0.3) is 0 Å². The summed E-state index contributed by atoms with van der Waals surface area (Å²) in [5.41, 5.74) is 2.37. The summed E-state index contributed by atoms with van der Waals surface area (Å²) in [7, 11) is 0. The molecule has 1 unspecified atom stereocenters. The molecule has 3 heteroatoms. The fourth-order valence-corrected chi connectivity index (χ4v) is 2.31. The van der Waals surface area contributed by atoms with Crippen LogP contribution in [0.5, 0.6) is 5.75 Å². The smallest absolute Gasteiger partial charge is 0.122 e. The van der Waals surface area contributed by atoms with Crippen molar-refractivity contribution in [3.05, 3.63) is 29.3 Å². The molecule has 0 aliphatic carbocycles. The van der Waals surface area contributed by atoms with Gasteiger partial charge in [-0.25, -0.2) is 0 Å². The zero-order valence-corrected chi connectivity index (χ0v) is 14.4. The molecule has 1 atom stereocenters. The molecule has 0 aliphatic rings. The summed E-state index contributed by atoms with van der Waals surface area (Å²) in [6, 6.07) is 6.39. The second-order valence-corrected chi connectivity index (χ2v) is 7.08. The van der Waals surface area contributed by atoms with Crippen molar-refractivity contribution >= 4 is 0 Å². The number of likely N-dealkylation sites (N-methyl/N-ethyl adjacent to an activating group) is 1. The highest BCUT2D eigenvalue weighted by molar-refractivity contribution is 5.38. The van der Waals surface area contributed by atoms with Gasteiger partial charge in [0.1, 0.15) is 5.75 Å². The van der Waals surface area contributed by atoms with Crippen molar-refractivity contribution in [2.45, 2.75) is 58.9 Å². The summed E-state index contributed by atoms with van der Waals surface area (Å²) >= 11 is 0.